The summed E-state index contributed by atoms with van der Waals surface area (Å²) in [5.41, 5.74) is 2.21. The second kappa shape index (κ2) is 3.59. The van der Waals surface area contributed by atoms with Gasteiger partial charge in [-0.3, -0.25) is 0 Å². The van der Waals surface area contributed by atoms with Crippen molar-refractivity contribution in [2.24, 2.45) is 0 Å². The zero-order valence-corrected chi connectivity index (χ0v) is 8.57. The highest BCUT2D eigenvalue weighted by atomic mass is 16.3. The van der Waals surface area contributed by atoms with Crippen LogP contribution in [0.4, 0.5) is 5.69 Å². The Hall–Kier alpha value is -1.48. The van der Waals surface area contributed by atoms with Crippen molar-refractivity contribution in [2.45, 2.75) is 0 Å². The maximum absolute atomic E-state index is 5.54. The predicted octanol–water partition coefficient (Wildman–Crippen LogP) is 1.84. The first-order valence-electron chi connectivity index (χ1n) is 5.37. The van der Waals surface area contributed by atoms with Crippen molar-refractivity contribution in [3.63, 3.8) is 0 Å². The SMILES string of the molecule is c1ccc2c(N3CCNCC3)coc2c1. The Balaban J connectivity index is 2.02. The lowest BCUT2D eigenvalue weighted by atomic mass is 10.2. The summed E-state index contributed by atoms with van der Waals surface area (Å²) in [6, 6.07) is 8.20. The van der Waals surface area contributed by atoms with Gasteiger partial charge in [0.25, 0.3) is 0 Å². The fraction of sp³-hybridized carbons (Fsp3) is 0.333. The molecule has 2 heterocycles. The molecule has 1 aromatic heterocycles. The molecule has 0 aliphatic carbocycles. The second-order valence-electron chi connectivity index (χ2n) is 3.85. The standard InChI is InChI=1S/C12H14N2O/c1-2-4-12-10(3-1)11(9-15-12)14-7-5-13-6-8-14/h1-4,9,13H,5-8H2. The molecule has 1 fully saturated rings. The number of fused-ring (bicyclic) bond motifs is 1. The highest BCUT2D eigenvalue weighted by Crippen LogP contribution is 2.28. The van der Waals surface area contributed by atoms with Crippen LogP contribution in [0, 0.1) is 0 Å². The normalized spacial score (nSPS) is 17.2. The Morgan fingerprint density at radius 3 is 2.80 bits per heavy atom. The van der Waals surface area contributed by atoms with Gasteiger partial charge in [0, 0.05) is 31.6 Å². The van der Waals surface area contributed by atoms with Gasteiger partial charge in [-0.1, -0.05) is 12.1 Å². The Labute approximate surface area is 88.7 Å². The number of nitrogens with one attached hydrogen (secondary N) is 1. The first kappa shape index (κ1) is 8.80. The lowest BCUT2D eigenvalue weighted by Gasteiger charge is -2.28. The Morgan fingerprint density at radius 1 is 1.13 bits per heavy atom. The number of benzene rings is 1. The van der Waals surface area contributed by atoms with Crippen molar-refractivity contribution in [3.05, 3.63) is 30.5 Å². The highest BCUT2D eigenvalue weighted by Gasteiger charge is 2.14. The molecule has 2 aromatic rings. The second-order valence-corrected chi connectivity index (χ2v) is 3.85. The topological polar surface area (TPSA) is 28.4 Å². The zero-order chi connectivity index (χ0) is 10.1. The van der Waals surface area contributed by atoms with Gasteiger partial charge >= 0.3 is 0 Å². The van der Waals surface area contributed by atoms with E-state index in [2.05, 4.69) is 22.3 Å². The van der Waals surface area contributed by atoms with Crippen LogP contribution < -0.4 is 10.2 Å². The maximum Gasteiger partial charge on any atom is 0.136 e. The van der Waals surface area contributed by atoms with Crippen molar-refractivity contribution in [2.75, 3.05) is 31.1 Å². The summed E-state index contributed by atoms with van der Waals surface area (Å²) in [5.74, 6) is 0. The minimum Gasteiger partial charge on any atom is -0.462 e. The number of piperazine rings is 1. The fourth-order valence-electron chi connectivity index (χ4n) is 2.11. The molecular formula is C12H14N2O. The molecule has 0 saturated carbocycles. The van der Waals surface area contributed by atoms with E-state index >= 15 is 0 Å². The number of para-hydroxylation sites is 1. The molecule has 0 bridgehead atoms. The number of hydrogen-bond donors (Lipinski definition) is 1. The van der Waals surface area contributed by atoms with Gasteiger partial charge in [0.1, 0.15) is 11.8 Å². The summed E-state index contributed by atoms with van der Waals surface area (Å²) in [7, 11) is 0. The van der Waals surface area contributed by atoms with Gasteiger partial charge in [0.15, 0.2) is 0 Å². The molecular weight excluding hydrogens is 188 g/mol. The molecule has 15 heavy (non-hydrogen) atoms. The van der Waals surface area contributed by atoms with Gasteiger partial charge in [-0.2, -0.15) is 0 Å². The van der Waals surface area contributed by atoms with Gasteiger partial charge in [0.05, 0.1) is 5.69 Å². The third-order valence-corrected chi connectivity index (χ3v) is 2.92. The van der Waals surface area contributed by atoms with Gasteiger partial charge in [-0.05, 0) is 12.1 Å². The predicted molar refractivity (Wildman–Crippen MR) is 61.3 cm³/mol. The van der Waals surface area contributed by atoms with Crippen molar-refractivity contribution in [1.82, 2.24) is 5.32 Å². The third kappa shape index (κ3) is 1.49. The molecule has 0 atom stereocenters. The molecule has 0 unspecified atom stereocenters. The molecule has 3 heteroatoms. The lowest BCUT2D eigenvalue weighted by molar-refractivity contribution is 0.578. The fourth-order valence-corrected chi connectivity index (χ4v) is 2.11. The average Bonchev–Trinajstić information content (AvgIpc) is 2.74. The first-order chi connectivity index (χ1) is 7.45. The summed E-state index contributed by atoms with van der Waals surface area (Å²) in [5, 5.41) is 4.57. The van der Waals surface area contributed by atoms with E-state index in [1.807, 2.05) is 18.4 Å². The van der Waals surface area contributed by atoms with Gasteiger partial charge < -0.3 is 14.6 Å². The summed E-state index contributed by atoms with van der Waals surface area (Å²) in [6.45, 7) is 4.23. The van der Waals surface area contributed by atoms with Gasteiger partial charge in [-0.25, -0.2) is 0 Å². The molecule has 0 radical (unpaired) electrons. The molecule has 1 saturated heterocycles. The van der Waals surface area contributed by atoms with Crippen molar-refractivity contribution in [3.8, 4) is 0 Å². The number of anilines is 1. The lowest BCUT2D eigenvalue weighted by Crippen LogP contribution is -2.43. The van der Waals surface area contributed by atoms with Crippen LogP contribution in [0.25, 0.3) is 11.0 Å². The van der Waals surface area contributed by atoms with E-state index in [4.69, 9.17) is 4.42 Å². The molecule has 3 nitrogen and oxygen atoms in total. The van der Waals surface area contributed by atoms with Gasteiger partial charge in [-0.15, -0.1) is 0 Å². The Kier molecular flexibility index (Phi) is 2.10. The number of nitrogens with zero attached hydrogens (tertiary/aromatic N) is 1. The smallest absolute Gasteiger partial charge is 0.136 e. The molecule has 1 aliphatic heterocycles. The van der Waals surface area contributed by atoms with E-state index in [1.165, 1.54) is 11.1 Å². The van der Waals surface area contributed by atoms with Crippen LogP contribution in [0.1, 0.15) is 0 Å². The number of rotatable bonds is 1. The molecule has 3 rings (SSSR count). The summed E-state index contributed by atoms with van der Waals surface area (Å²) < 4.78 is 5.54. The Morgan fingerprint density at radius 2 is 1.93 bits per heavy atom. The molecule has 1 N–H and O–H groups in total. The van der Waals surface area contributed by atoms with Crippen LogP contribution in [-0.2, 0) is 0 Å². The van der Waals surface area contributed by atoms with E-state index < -0.39 is 0 Å². The van der Waals surface area contributed by atoms with E-state index in [9.17, 15) is 0 Å². The zero-order valence-electron chi connectivity index (χ0n) is 8.57. The summed E-state index contributed by atoms with van der Waals surface area (Å²) in [6.07, 6.45) is 1.87. The van der Waals surface area contributed by atoms with Crippen molar-refractivity contribution >= 4 is 16.7 Å². The molecule has 0 amide bonds. The van der Waals surface area contributed by atoms with E-state index in [0.717, 1.165) is 31.8 Å². The highest BCUT2D eigenvalue weighted by molar-refractivity contribution is 5.90. The third-order valence-electron chi connectivity index (χ3n) is 2.92. The van der Waals surface area contributed by atoms with Crippen molar-refractivity contribution < 1.29 is 4.42 Å². The van der Waals surface area contributed by atoms with E-state index in [-0.39, 0.29) is 0 Å². The van der Waals surface area contributed by atoms with Crippen LogP contribution in [-0.4, -0.2) is 26.2 Å². The molecule has 78 valence electrons. The number of furan rings is 1. The molecule has 1 aliphatic rings. The largest absolute Gasteiger partial charge is 0.462 e. The first-order valence-corrected chi connectivity index (χ1v) is 5.37. The summed E-state index contributed by atoms with van der Waals surface area (Å²) in [4.78, 5) is 2.38. The van der Waals surface area contributed by atoms with Crippen LogP contribution in [0.15, 0.2) is 34.9 Å². The van der Waals surface area contributed by atoms with Crippen LogP contribution >= 0.6 is 0 Å². The van der Waals surface area contributed by atoms with Gasteiger partial charge in [0.2, 0.25) is 0 Å². The van der Waals surface area contributed by atoms with Crippen LogP contribution in [0.5, 0.6) is 0 Å². The summed E-state index contributed by atoms with van der Waals surface area (Å²) >= 11 is 0. The average molecular weight is 202 g/mol. The quantitative estimate of drug-likeness (QED) is 0.765. The van der Waals surface area contributed by atoms with Crippen molar-refractivity contribution in [1.29, 1.82) is 0 Å². The minimum absolute atomic E-state index is 0.978. The number of hydrogen-bond acceptors (Lipinski definition) is 3. The Bertz CT molecular complexity index is 457. The van der Waals surface area contributed by atoms with E-state index in [0.29, 0.717) is 0 Å². The monoisotopic (exact) mass is 202 g/mol. The minimum atomic E-state index is 0.978. The van der Waals surface area contributed by atoms with E-state index in [1.54, 1.807) is 0 Å². The van der Waals surface area contributed by atoms with Crippen LogP contribution in [0.2, 0.25) is 0 Å². The van der Waals surface area contributed by atoms with Crippen LogP contribution in [0.3, 0.4) is 0 Å². The maximum atomic E-state index is 5.54. The molecule has 1 aromatic carbocycles. The molecule has 0 spiro atoms.